The summed E-state index contributed by atoms with van der Waals surface area (Å²) in [5.41, 5.74) is -0.144. The summed E-state index contributed by atoms with van der Waals surface area (Å²) in [5, 5.41) is 8.77. The van der Waals surface area contributed by atoms with Gasteiger partial charge in [-0.25, -0.2) is 4.98 Å². The summed E-state index contributed by atoms with van der Waals surface area (Å²) in [6.07, 6.45) is -4.53. The first-order chi connectivity index (χ1) is 8.90. The van der Waals surface area contributed by atoms with Crippen molar-refractivity contribution in [3.63, 3.8) is 0 Å². The van der Waals surface area contributed by atoms with Gasteiger partial charge in [-0.05, 0) is 30.4 Å². The molecule has 19 heavy (non-hydrogen) atoms. The van der Waals surface area contributed by atoms with Gasteiger partial charge in [0.15, 0.2) is 4.77 Å². The molecular weight excluding hydrogens is 275 g/mol. The number of alkyl halides is 3. The minimum absolute atomic E-state index is 0.0770. The SMILES string of the molecule is N#Cc1cccc(-c2cc(C(F)(F)F)[nH]c(=S)n2)c1. The molecular formula is C12H6F3N3S. The van der Waals surface area contributed by atoms with Crippen molar-refractivity contribution in [2.24, 2.45) is 0 Å². The van der Waals surface area contributed by atoms with Crippen LogP contribution >= 0.6 is 12.2 Å². The van der Waals surface area contributed by atoms with E-state index in [1.165, 1.54) is 6.07 Å². The van der Waals surface area contributed by atoms with Crippen LogP contribution in [0.25, 0.3) is 11.3 Å². The van der Waals surface area contributed by atoms with Gasteiger partial charge in [0.2, 0.25) is 0 Å². The van der Waals surface area contributed by atoms with Gasteiger partial charge in [-0.2, -0.15) is 18.4 Å². The van der Waals surface area contributed by atoms with Crippen LogP contribution in [-0.4, -0.2) is 9.97 Å². The quantitative estimate of drug-likeness (QED) is 0.811. The zero-order chi connectivity index (χ0) is 14.0. The third kappa shape index (κ3) is 2.98. The summed E-state index contributed by atoms with van der Waals surface area (Å²) >= 11 is 4.69. The van der Waals surface area contributed by atoms with Gasteiger partial charge in [-0.1, -0.05) is 12.1 Å². The van der Waals surface area contributed by atoms with Crippen molar-refractivity contribution in [2.75, 3.05) is 0 Å². The van der Waals surface area contributed by atoms with Crippen molar-refractivity contribution in [1.29, 1.82) is 5.26 Å². The average Bonchev–Trinajstić information content (AvgIpc) is 2.37. The van der Waals surface area contributed by atoms with Crippen LogP contribution in [0.3, 0.4) is 0 Å². The van der Waals surface area contributed by atoms with Crippen LogP contribution in [0.4, 0.5) is 13.2 Å². The monoisotopic (exact) mass is 281 g/mol. The summed E-state index contributed by atoms with van der Waals surface area (Å²) in [7, 11) is 0. The molecule has 2 rings (SSSR count). The first kappa shape index (κ1) is 13.2. The molecule has 0 aliphatic heterocycles. The van der Waals surface area contributed by atoms with E-state index in [1.54, 1.807) is 18.2 Å². The number of halogens is 3. The summed E-state index contributed by atoms with van der Waals surface area (Å²) < 4.78 is 37.7. The zero-order valence-electron chi connectivity index (χ0n) is 9.32. The molecule has 0 radical (unpaired) electrons. The molecule has 0 saturated heterocycles. The molecule has 96 valence electrons. The lowest BCUT2D eigenvalue weighted by Gasteiger charge is -2.08. The number of nitriles is 1. The Morgan fingerprint density at radius 2 is 2.00 bits per heavy atom. The van der Waals surface area contributed by atoms with Gasteiger partial charge in [-0.15, -0.1) is 0 Å². The smallest absolute Gasteiger partial charge is 0.327 e. The van der Waals surface area contributed by atoms with Crippen molar-refractivity contribution in [3.05, 3.63) is 46.4 Å². The van der Waals surface area contributed by atoms with Gasteiger partial charge in [0.05, 0.1) is 17.3 Å². The maximum absolute atomic E-state index is 12.7. The standard InChI is InChI=1S/C12H6F3N3S/c13-12(14,15)10-5-9(17-11(19)18-10)8-3-1-2-7(4-8)6-16/h1-5H,(H,17,18,19). The molecule has 0 unspecified atom stereocenters. The fourth-order valence-corrected chi connectivity index (χ4v) is 1.71. The Morgan fingerprint density at radius 3 is 2.63 bits per heavy atom. The normalized spacial score (nSPS) is 11.1. The molecule has 0 aliphatic carbocycles. The van der Waals surface area contributed by atoms with E-state index < -0.39 is 11.9 Å². The van der Waals surface area contributed by atoms with E-state index >= 15 is 0 Å². The first-order valence-corrected chi connectivity index (χ1v) is 5.50. The predicted molar refractivity (Wildman–Crippen MR) is 64.6 cm³/mol. The summed E-state index contributed by atoms with van der Waals surface area (Å²) in [5.74, 6) is 0. The van der Waals surface area contributed by atoms with Crippen LogP contribution in [0.15, 0.2) is 30.3 Å². The van der Waals surface area contributed by atoms with Gasteiger partial charge in [0, 0.05) is 5.56 Å². The van der Waals surface area contributed by atoms with Crippen LogP contribution in [0.1, 0.15) is 11.3 Å². The molecule has 0 amide bonds. The minimum Gasteiger partial charge on any atom is -0.327 e. The van der Waals surface area contributed by atoms with E-state index in [0.717, 1.165) is 6.07 Å². The fraction of sp³-hybridized carbons (Fsp3) is 0.0833. The Morgan fingerprint density at radius 1 is 1.26 bits per heavy atom. The van der Waals surface area contributed by atoms with Gasteiger partial charge in [0.1, 0.15) is 5.69 Å². The third-order valence-corrected chi connectivity index (χ3v) is 2.53. The van der Waals surface area contributed by atoms with E-state index in [0.29, 0.717) is 11.1 Å². The number of aromatic nitrogens is 2. The number of rotatable bonds is 1. The van der Waals surface area contributed by atoms with E-state index in [-0.39, 0.29) is 10.5 Å². The lowest BCUT2D eigenvalue weighted by Crippen LogP contribution is -2.09. The maximum atomic E-state index is 12.7. The molecule has 0 bridgehead atoms. The summed E-state index contributed by atoms with van der Waals surface area (Å²) in [6, 6.07) is 8.93. The van der Waals surface area contributed by atoms with Crippen LogP contribution in [0, 0.1) is 16.1 Å². The number of nitrogens with one attached hydrogen (secondary N) is 1. The van der Waals surface area contributed by atoms with Crippen molar-refractivity contribution >= 4 is 12.2 Å². The molecule has 1 aromatic carbocycles. The minimum atomic E-state index is -4.53. The Labute approximate surface area is 111 Å². The highest BCUT2D eigenvalue weighted by atomic mass is 32.1. The third-order valence-electron chi connectivity index (χ3n) is 2.34. The first-order valence-electron chi connectivity index (χ1n) is 5.09. The van der Waals surface area contributed by atoms with Crippen molar-refractivity contribution in [3.8, 4) is 17.3 Å². The Kier molecular flexibility index (Phi) is 3.36. The highest BCUT2D eigenvalue weighted by molar-refractivity contribution is 7.71. The molecule has 0 aliphatic rings. The average molecular weight is 281 g/mol. The molecule has 1 heterocycles. The Hall–Kier alpha value is -2.20. The molecule has 1 N–H and O–H groups in total. The number of hydrogen-bond acceptors (Lipinski definition) is 3. The fourth-order valence-electron chi connectivity index (χ4n) is 1.51. The molecule has 2 aromatic rings. The Bertz CT molecular complexity index is 713. The summed E-state index contributed by atoms with van der Waals surface area (Å²) in [4.78, 5) is 5.84. The van der Waals surface area contributed by atoms with E-state index in [2.05, 4.69) is 17.2 Å². The number of benzene rings is 1. The Balaban J connectivity index is 2.60. The molecule has 1 aromatic heterocycles. The zero-order valence-corrected chi connectivity index (χ0v) is 10.1. The number of aromatic amines is 1. The second-order valence-corrected chi connectivity index (χ2v) is 4.06. The summed E-state index contributed by atoms with van der Waals surface area (Å²) in [6.45, 7) is 0. The van der Waals surface area contributed by atoms with Crippen molar-refractivity contribution in [2.45, 2.75) is 6.18 Å². The maximum Gasteiger partial charge on any atom is 0.431 e. The van der Waals surface area contributed by atoms with Gasteiger partial charge >= 0.3 is 6.18 Å². The predicted octanol–water partition coefficient (Wildman–Crippen LogP) is 3.70. The number of H-pyrrole nitrogens is 1. The largest absolute Gasteiger partial charge is 0.431 e. The van der Waals surface area contributed by atoms with Crippen LogP contribution in [0.5, 0.6) is 0 Å². The van der Waals surface area contributed by atoms with Gasteiger partial charge in [0.25, 0.3) is 0 Å². The van der Waals surface area contributed by atoms with Crippen LogP contribution < -0.4 is 0 Å². The molecule has 0 saturated carbocycles. The van der Waals surface area contributed by atoms with Gasteiger partial charge in [-0.3, -0.25) is 0 Å². The van der Waals surface area contributed by atoms with Crippen molar-refractivity contribution in [1.82, 2.24) is 9.97 Å². The molecule has 0 fully saturated rings. The molecule has 7 heteroatoms. The van der Waals surface area contributed by atoms with Crippen LogP contribution in [-0.2, 0) is 6.18 Å². The second-order valence-electron chi connectivity index (χ2n) is 3.68. The lowest BCUT2D eigenvalue weighted by molar-refractivity contribution is -0.141. The number of hydrogen-bond donors (Lipinski definition) is 1. The van der Waals surface area contributed by atoms with E-state index in [9.17, 15) is 13.2 Å². The lowest BCUT2D eigenvalue weighted by atomic mass is 10.1. The molecule has 0 spiro atoms. The number of nitrogens with zero attached hydrogens (tertiary/aromatic N) is 2. The molecule has 3 nitrogen and oxygen atoms in total. The van der Waals surface area contributed by atoms with E-state index in [4.69, 9.17) is 5.26 Å². The van der Waals surface area contributed by atoms with Crippen LogP contribution in [0.2, 0.25) is 0 Å². The van der Waals surface area contributed by atoms with Gasteiger partial charge < -0.3 is 4.98 Å². The topological polar surface area (TPSA) is 52.5 Å². The highest BCUT2D eigenvalue weighted by Crippen LogP contribution is 2.29. The van der Waals surface area contributed by atoms with E-state index in [1.807, 2.05) is 11.1 Å². The highest BCUT2D eigenvalue weighted by Gasteiger charge is 2.32. The molecule has 0 atom stereocenters. The second kappa shape index (κ2) is 4.82. The van der Waals surface area contributed by atoms with Crippen molar-refractivity contribution < 1.29 is 13.2 Å².